The van der Waals surface area contributed by atoms with E-state index in [2.05, 4.69) is 0 Å². The maximum Gasteiger partial charge on any atom is 0.127 e. The summed E-state index contributed by atoms with van der Waals surface area (Å²) in [4.78, 5) is 0. The van der Waals surface area contributed by atoms with Crippen LogP contribution in [0.25, 0.3) is 0 Å². The molecule has 0 spiro atoms. The van der Waals surface area contributed by atoms with E-state index in [9.17, 15) is 0 Å². The minimum absolute atomic E-state index is 0. The molecule has 0 amide bonds. The van der Waals surface area contributed by atoms with E-state index in [1.165, 1.54) is 0 Å². The van der Waals surface area contributed by atoms with Crippen molar-refractivity contribution >= 4 is 12.4 Å². The van der Waals surface area contributed by atoms with Gasteiger partial charge in [0, 0.05) is 24.1 Å². The van der Waals surface area contributed by atoms with Crippen LogP contribution in [0.5, 0.6) is 11.5 Å². The predicted octanol–water partition coefficient (Wildman–Crippen LogP) is 1.90. The van der Waals surface area contributed by atoms with Gasteiger partial charge in [0.05, 0.1) is 13.7 Å². The summed E-state index contributed by atoms with van der Waals surface area (Å²) in [6.45, 7) is 0.696. The second kappa shape index (κ2) is 4.53. The zero-order chi connectivity index (χ0) is 9.26. The molecule has 0 aliphatic carbocycles. The van der Waals surface area contributed by atoms with Gasteiger partial charge in [0.1, 0.15) is 11.5 Å². The molecule has 78 valence electrons. The third-order valence-electron chi connectivity index (χ3n) is 2.31. The van der Waals surface area contributed by atoms with Gasteiger partial charge in [0.2, 0.25) is 0 Å². The molecule has 1 heterocycles. The molecule has 1 aliphatic rings. The van der Waals surface area contributed by atoms with Gasteiger partial charge in [-0.1, -0.05) is 6.07 Å². The molecule has 2 N–H and O–H groups in total. The highest BCUT2D eigenvalue weighted by Crippen LogP contribution is 2.33. The van der Waals surface area contributed by atoms with Crippen LogP contribution >= 0.6 is 12.4 Å². The van der Waals surface area contributed by atoms with Gasteiger partial charge < -0.3 is 15.2 Å². The Morgan fingerprint density at radius 2 is 2.29 bits per heavy atom. The van der Waals surface area contributed by atoms with Crippen LogP contribution < -0.4 is 15.2 Å². The van der Waals surface area contributed by atoms with E-state index in [4.69, 9.17) is 15.2 Å². The minimum atomic E-state index is 0. The van der Waals surface area contributed by atoms with Crippen molar-refractivity contribution in [2.45, 2.75) is 12.5 Å². The second-order valence-electron chi connectivity index (χ2n) is 3.15. The highest BCUT2D eigenvalue weighted by Gasteiger charge is 2.17. The van der Waals surface area contributed by atoms with Crippen LogP contribution in [0.15, 0.2) is 18.2 Å². The summed E-state index contributed by atoms with van der Waals surface area (Å²) in [5, 5.41) is 0. The Hall–Kier alpha value is -0.930. The predicted molar refractivity (Wildman–Crippen MR) is 57.3 cm³/mol. The summed E-state index contributed by atoms with van der Waals surface area (Å²) in [6.07, 6.45) is 0.888. The Morgan fingerprint density at radius 3 is 3.00 bits per heavy atom. The number of halogens is 1. The van der Waals surface area contributed by atoms with Gasteiger partial charge in [0.25, 0.3) is 0 Å². The third kappa shape index (κ3) is 1.94. The van der Waals surface area contributed by atoms with Gasteiger partial charge in [-0.25, -0.2) is 0 Å². The summed E-state index contributed by atoms with van der Waals surface area (Å²) in [5.74, 6) is 1.67. The molecule has 1 aromatic carbocycles. The van der Waals surface area contributed by atoms with Crippen molar-refractivity contribution in [1.82, 2.24) is 0 Å². The van der Waals surface area contributed by atoms with Crippen molar-refractivity contribution in [3.63, 3.8) is 0 Å². The van der Waals surface area contributed by atoms with Gasteiger partial charge in [-0.3, -0.25) is 0 Å². The van der Waals surface area contributed by atoms with Crippen molar-refractivity contribution in [2.75, 3.05) is 13.7 Å². The standard InChI is InChI=1S/C10H13NO2.ClH/c1-12-7-2-3-8-9(11)4-5-13-10(8)6-7;/h2-3,6,9H,4-5,11H2,1H3;1H. The summed E-state index contributed by atoms with van der Waals surface area (Å²) < 4.78 is 10.6. The molecule has 1 aromatic rings. The molecule has 14 heavy (non-hydrogen) atoms. The van der Waals surface area contributed by atoms with Crippen molar-refractivity contribution in [3.8, 4) is 11.5 Å². The second-order valence-corrected chi connectivity index (χ2v) is 3.15. The van der Waals surface area contributed by atoms with Crippen molar-refractivity contribution in [1.29, 1.82) is 0 Å². The van der Waals surface area contributed by atoms with E-state index in [-0.39, 0.29) is 18.4 Å². The molecule has 0 saturated heterocycles. The monoisotopic (exact) mass is 215 g/mol. The van der Waals surface area contributed by atoms with Crippen molar-refractivity contribution in [2.24, 2.45) is 5.73 Å². The smallest absolute Gasteiger partial charge is 0.127 e. The van der Waals surface area contributed by atoms with Gasteiger partial charge in [-0.05, 0) is 6.07 Å². The van der Waals surface area contributed by atoms with Gasteiger partial charge in [-0.2, -0.15) is 0 Å². The van der Waals surface area contributed by atoms with Crippen LogP contribution in [0.1, 0.15) is 18.0 Å². The van der Waals surface area contributed by atoms with Gasteiger partial charge >= 0.3 is 0 Å². The van der Waals surface area contributed by atoms with Crippen LogP contribution in [0.4, 0.5) is 0 Å². The van der Waals surface area contributed by atoms with Crippen LogP contribution in [-0.4, -0.2) is 13.7 Å². The third-order valence-corrected chi connectivity index (χ3v) is 2.31. The number of ether oxygens (including phenoxy) is 2. The molecule has 0 fully saturated rings. The number of hydrogen-bond acceptors (Lipinski definition) is 3. The molecular formula is C10H14ClNO2. The average molecular weight is 216 g/mol. The number of hydrogen-bond donors (Lipinski definition) is 1. The lowest BCUT2D eigenvalue weighted by atomic mass is 10.0. The molecule has 4 heteroatoms. The lowest BCUT2D eigenvalue weighted by Crippen LogP contribution is -2.20. The zero-order valence-electron chi connectivity index (χ0n) is 8.03. The maximum absolute atomic E-state index is 5.92. The quantitative estimate of drug-likeness (QED) is 0.778. The lowest BCUT2D eigenvalue weighted by molar-refractivity contribution is 0.267. The number of benzene rings is 1. The molecule has 0 bridgehead atoms. The Kier molecular flexibility index (Phi) is 3.61. The van der Waals surface area contributed by atoms with Crippen molar-refractivity contribution < 1.29 is 9.47 Å². The molecular weight excluding hydrogens is 202 g/mol. The summed E-state index contributed by atoms with van der Waals surface area (Å²) in [7, 11) is 1.64. The minimum Gasteiger partial charge on any atom is -0.497 e. The summed E-state index contributed by atoms with van der Waals surface area (Å²) in [6, 6.07) is 5.87. The van der Waals surface area contributed by atoms with E-state index in [1.54, 1.807) is 7.11 Å². The van der Waals surface area contributed by atoms with Crippen LogP contribution in [0.2, 0.25) is 0 Å². The molecule has 0 aromatic heterocycles. The Bertz CT molecular complexity index is 317. The molecule has 1 aliphatic heterocycles. The Morgan fingerprint density at radius 1 is 1.50 bits per heavy atom. The average Bonchev–Trinajstić information content (AvgIpc) is 2.18. The number of methoxy groups -OCH3 is 1. The fourth-order valence-corrected chi connectivity index (χ4v) is 1.52. The molecule has 0 saturated carbocycles. The Balaban J connectivity index is 0.000000980. The highest BCUT2D eigenvalue weighted by molar-refractivity contribution is 5.85. The summed E-state index contributed by atoms with van der Waals surface area (Å²) >= 11 is 0. The van der Waals surface area contributed by atoms with Crippen LogP contribution in [0.3, 0.4) is 0 Å². The fraction of sp³-hybridized carbons (Fsp3) is 0.400. The number of nitrogens with two attached hydrogens (primary N) is 1. The molecule has 1 atom stereocenters. The SMILES string of the molecule is COc1ccc2c(c1)OCCC2N.Cl. The number of fused-ring (bicyclic) bond motifs is 1. The lowest BCUT2D eigenvalue weighted by Gasteiger charge is -2.23. The van der Waals surface area contributed by atoms with E-state index in [0.29, 0.717) is 6.61 Å². The largest absolute Gasteiger partial charge is 0.497 e. The first-order valence-corrected chi connectivity index (χ1v) is 4.37. The topological polar surface area (TPSA) is 44.5 Å². The first kappa shape index (κ1) is 11.1. The molecule has 1 unspecified atom stereocenters. The van der Waals surface area contributed by atoms with E-state index < -0.39 is 0 Å². The van der Waals surface area contributed by atoms with E-state index in [0.717, 1.165) is 23.5 Å². The maximum atomic E-state index is 5.92. The molecule has 3 nitrogen and oxygen atoms in total. The van der Waals surface area contributed by atoms with Crippen molar-refractivity contribution in [3.05, 3.63) is 23.8 Å². The highest BCUT2D eigenvalue weighted by atomic mass is 35.5. The van der Waals surface area contributed by atoms with E-state index in [1.807, 2.05) is 18.2 Å². The number of rotatable bonds is 1. The summed E-state index contributed by atoms with van der Waals surface area (Å²) in [5.41, 5.74) is 6.99. The first-order valence-electron chi connectivity index (χ1n) is 4.37. The normalized spacial score (nSPS) is 18.9. The van der Waals surface area contributed by atoms with Gasteiger partial charge in [-0.15, -0.1) is 12.4 Å². The Labute approximate surface area is 89.6 Å². The fourth-order valence-electron chi connectivity index (χ4n) is 1.52. The zero-order valence-corrected chi connectivity index (χ0v) is 8.84. The molecule has 2 rings (SSSR count). The van der Waals surface area contributed by atoms with Crippen LogP contribution in [0, 0.1) is 0 Å². The molecule has 0 radical (unpaired) electrons. The van der Waals surface area contributed by atoms with Crippen LogP contribution in [-0.2, 0) is 0 Å². The first-order chi connectivity index (χ1) is 6.31. The van der Waals surface area contributed by atoms with Gasteiger partial charge in [0.15, 0.2) is 0 Å². The van der Waals surface area contributed by atoms with E-state index >= 15 is 0 Å².